The molecule has 0 aliphatic heterocycles. The summed E-state index contributed by atoms with van der Waals surface area (Å²) < 4.78 is 18.5. The summed E-state index contributed by atoms with van der Waals surface area (Å²) in [6.07, 6.45) is 1.71. The van der Waals surface area contributed by atoms with E-state index in [1.54, 1.807) is 13.2 Å². The number of nitrogens with one attached hydrogen (secondary N) is 1. The number of hydrogen-bond donors (Lipinski definition) is 2. The number of halogens is 1. The van der Waals surface area contributed by atoms with Gasteiger partial charge in [0, 0.05) is 13.2 Å². The van der Waals surface area contributed by atoms with Gasteiger partial charge in [-0.05, 0) is 56.9 Å². The Bertz CT molecular complexity index is 393. The van der Waals surface area contributed by atoms with Gasteiger partial charge in [-0.15, -0.1) is 0 Å². The highest BCUT2D eigenvalue weighted by molar-refractivity contribution is 5.29. The van der Waals surface area contributed by atoms with Crippen molar-refractivity contribution >= 4 is 0 Å². The third kappa shape index (κ3) is 4.05. The van der Waals surface area contributed by atoms with Crippen molar-refractivity contribution in [3.8, 4) is 0 Å². The molecule has 0 aliphatic carbocycles. The van der Waals surface area contributed by atoms with Crippen LogP contribution in [0.1, 0.15) is 43.9 Å². The number of rotatable bonds is 6. The lowest BCUT2D eigenvalue weighted by Gasteiger charge is -2.26. The number of hydrogen-bond acceptors (Lipinski definition) is 3. The summed E-state index contributed by atoms with van der Waals surface area (Å²) in [5, 5.41) is 0. The summed E-state index contributed by atoms with van der Waals surface area (Å²) in [4.78, 5) is 0. The first kappa shape index (κ1) is 15.1. The van der Waals surface area contributed by atoms with Crippen molar-refractivity contribution in [1.82, 2.24) is 5.43 Å². The molecule has 1 rings (SSSR count). The van der Waals surface area contributed by atoms with Gasteiger partial charge in [-0.2, -0.15) is 0 Å². The van der Waals surface area contributed by atoms with Crippen molar-refractivity contribution in [3.05, 3.63) is 35.1 Å². The largest absolute Gasteiger partial charge is 0.379 e. The first-order chi connectivity index (χ1) is 8.39. The van der Waals surface area contributed by atoms with Crippen molar-refractivity contribution in [2.24, 2.45) is 5.84 Å². The van der Waals surface area contributed by atoms with Gasteiger partial charge in [-0.3, -0.25) is 11.3 Å². The Morgan fingerprint density at radius 2 is 2.11 bits per heavy atom. The van der Waals surface area contributed by atoms with Crippen molar-refractivity contribution in [2.45, 2.75) is 45.3 Å². The molecule has 102 valence electrons. The monoisotopic (exact) mass is 254 g/mol. The summed E-state index contributed by atoms with van der Waals surface area (Å²) in [5.74, 6) is 5.38. The molecule has 0 saturated carbocycles. The van der Waals surface area contributed by atoms with Crippen LogP contribution in [0.4, 0.5) is 4.39 Å². The molecule has 0 radical (unpaired) electrons. The summed E-state index contributed by atoms with van der Waals surface area (Å²) in [6.45, 7) is 5.97. The molecule has 1 atom stereocenters. The fourth-order valence-corrected chi connectivity index (χ4v) is 1.95. The number of methoxy groups -OCH3 is 1. The van der Waals surface area contributed by atoms with Crippen LogP contribution in [0.25, 0.3) is 0 Å². The van der Waals surface area contributed by atoms with E-state index in [1.165, 1.54) is 12.1 Å². The van der Waals surface area contributed by atoms with Crippen LogP contribution >= 0.6 is 0 Å². The SMILES string of the molecule is COC(C)(C)CCC(NN)c1ccc(F)cc1C. The molecular weight excluding hydrogens is 231 g/mol. The van der Waals surface area contributed by atoms with Gasteiger partial charge < -0.3 is 4.74 Å². The van der Waals surface area contributed by atoms with Crippen LogP contribution in [-0.2, 0) is 4.74 Å². The average Bonchev–Trinajstić information content (AvgIpc) is 2.32. The summed E-state index contributed by atoms with van der Waals surface area (Å²) in [5.41, 5.74) is 4.56. The Labute approximate surface area is 108 Å². The molecule has 1 aromatic carbocycles. The lowest BCUT2D eigenvalue weighted by atomic mass is 9.93. The lowest BCUT2D eigenvalue weighted by molar-refractivity contribution is 0.0116. The highest BCUT2D eigenvalue weighted by Gasteiger charge is 2.20. The molecule has 18 heavy (non-hydrogen) atoms. The molecule has 0 spiro atoms. The van der Waals surface area contributed by atoms with Crippen molar-refractivity contribution < 1.29 is 9.13 Å². The van der Waals surface area contributed by atoms with Gasteiger partial charge >= 0.3 is 0 Å². The van der Waals surface area contributed by atoms with Gasteiger partial charge in [0.25, 0.3) is 0 Å². The van der Waals surface area contributed by atoms with E-state index in [9.17, 15) is 4.39 Å². The van der Waals surface area contributed by atoms with Crippen molar-refractivity contribution in [1.29, 1.82) is 0 Å². The molecular formula is C14H23FN2O. The third-order valence-corrected chi connectivity index (χ3v) is 3.40. The second-order valence-electron chi connectivity index (χ2n) is 5.22. The van der Waals surface area contributed by atoms with E-state index in [2.05, 4.69) is 5.43 Å². The molecule has 3 nitrogen and oxygen atoms in total. The molecule has 0 aliphatic rings. The van der Waals surface area contributed by atoms with E-state index >= 15 is 0 Å². The van der Waals surface area contributed by atoms with Crippen LogP contribution < -0.4 is 11.3 Å². The van der Waals surface area contributed by atoms with Crippen LogP contribution in [0.15, 0.2) is 18.2 Å². The van der Waals surface area contributed by atoms with E-state index in [0.717, 1.165) is 24.0 Å². The zero-order chi connectivity index (χ0) is 13.8. The minimum absolute atomic E-state index is 0.0139. The normalized spacial score (nSPS) is 13.7. The van der Waals surface area contributed by atoms with E-state index < -0.39 is 0 Å². The maximum Gasteiger partial charge on any atom is 0.123 e. The molecule has 0 saturated heterocycles. The van der Waals surface area contributed by atoms with E-state index in [1.807, 2.05) is 20.8 Å². The first-order valence-corrected chi connectivity index (χ1v) is 6.17. The van der Waals surface area contributed by atoms with Gasteiger partial charge in [0.05, 0.1) is 5.60 Å². The smallest absolute Gasteiger partial charge is 0.123 e. The van der Waals surface area contributed by atoms with Crippen LogP contribution in [-0.4, -0.2) is 12.7 Å². The molecule has 1 aromatic rings. The molecule has 4 heteroatoms. The summed E-state index contributed by atoms with van der Waals surface area (Å²) in [6, 6.07) is 4.80. The van der Waals surface area contributed by atoms with Crippen LogP contribution in [0.5, 0.6) is 0 Å². The van der Waals surface area contributed by atoms with E-state index in [-0.39, 0.29) is 17.5 Å². The van der Waals surface area contributed by atoms with Gasteiger partial charge in [0.2, 0.25) is 0 Å². The fraction of sp³-hybridized carbons (Fsp3) is 0.571. The zero-order valence-corrected chi connectivity index (χ0v) is 11.6. The van der Waals surface area contributed by atoms with Gasteiger partial charge in [-0.1, -0.05) is 6.07 Å². The second-order valence-corrected chi connectivity index (χ2v) is 5.22. The Kier molecular flexibility index (Phi) is 5.26. The minimum atomic E-state index is -0.218. The predicted molar refractivity (Wildman–Crippen MR) is 71.5 cm³/mol. The molecule has 0 heterocycles. The number of ether oxygens (including phenoxy) is 1. The van der Waals surface area contributed by atoms with Crippen molar-refractivity contribution in [2.75, 3.05) is 7.11 Å². The van der Waals surface area contributed by atoms with Crippen LogP contribution in [0.3, 0.4) is 0 Å². The first-order valence-electron chi connectivity index (χ1n) is 6.17. The van der Waals surface area contributed by atoms with Gasteiger partial charge in [0.15, 0.2) is 0 Å². The van der Waals surface area contributed by atoms with Crippen LogP contribution in [0.2, 0.25) is 0 Å². The van der Waals surface area contributed by atoms with Gasteiger partial charge in [-0.25, -0.2) is 4.39 Å². The molecule has 0 aromatic heterocycles. The van der Waals surface area contributed by atoms with Crippen molar-refractivity contribution in [3.63, 3.8) is 0 Å². The number of hydrazine groups is 1. The fourth-order valence-electron chi connectivity index (χ4n) is 1.95. The minimum Gasteiger partial charge on any atom is -0.379 e. The Morgan fingerprint density at radius 1 is 1.44 bits per heavy atom. The summed E-state index contributed by atoms with van der Waals surface area (Å²) >= 11 is 0. The summed E-state index contributed by atoms with van der Waals surface area (Å²) in [7, 11) is 1.70. The quantitative estimate of drug-likeness (QED) is 0.606. The van der Waals surface area contributed by atoms with Crippen LogP contribution in [0, 0.1) is 12.7 Å². The Hall–Kier alpha value is -0.970. The van der Waals surface area contributed by atoms with E-state index in [4.69, 9.17) is 10.6 Å². The third-order valence-electron chi connectivity index (χ3n) is 3.40. The Morgan fingerprint density at radius 3 is 2.61 bits per heavy atom. The predicted octanol–water partition coefficient (Wildman–Crippen LogP) is 2.84. The molecule has 0 amide bonds. The average molecular weight is 254 g/mol. The Balaban J connectivity index is 2.77. The number of benzene rings is 1. The maximum absolute atomic E-state index is 13.1. The highest BCUT2D eigenvalue weighted by atomic mass is 19.1. The zero-order valence-electron chi connectivity index (χ0n) is 11.6. The standard InChI is InChI=1S/C14H23FN2O/c1-10-9-11(15)5-6-12(10)13(17-16)7-8-14(2,3)18-4/h5-6,9,13,17H,7-8,16H2,1-4H3. The van der Waals surface area contributed by atoms with E-state index in [0.29, 0.717) is 0 Å². The van der Waals surface area contributed by atoms with Gasteiger partial charge in [0.1, 0.15) is 5.82 Å². The molecule has 0 fully saturated rings. The number of nitrogens with two attached hydrogens (primary N) is 1. The molecule has 1 unspecified atom stereocenters. The number of aryl methyl sites for hydroxylation is 1. The molecule has 3 N–H and O–H groups in total. The molecule has 0 bridgehead atoms. The lowest BCUT2D eigenvalue weighted by Crippen LogP contribution is -2.31. The highest BCUT2D eigenvalue weighted by Crippen LogP contribution is 2.26. The maximum atomic E-state index is 13.1. The second kappa shape index (κ2) is 6.27. The topological polar surface area (TPSA) is 47.3 Å².